The highest BCUT2D eigenvalue weighted by Gasteiger charge is 2.32. The van der Waals surface area contributed by atoms with Crippen LogP contribution in [0.5, 0.6) is 0 Å². The van der Waals surface area contributed by atoms with Crippen molar-refractivity contribution in [3.05, 3.63) is 57.0 Å². The molecule has 0 unspecified atom stereocenters. The molecule has 96 valence electrons. The van der Waals surface area contributed by atoms with E-state index in [4.69, 9.17) is 23.7 Å². The normalized spacial score (nSPS) is 13.2. The number of alkyl halides is 3. The van der Waals surface area contributed by atoms with Crippen LogP contribution in [0, 0.1) is 35.8 Å². The van der Waals surface area contributed by atoms with Gasteiger partial charge < -0.3 is 0 Å². The summed E-state index contributed by atoms with van der Waals surface area (Å²) in [5.41, 5.74) is -2.42. The van der Waals surface area contributed by atoms with Crippen molar-refractivity contribution in [2.24, 2.45) is 0 Å². The highest BCUT2D eigenvalue weighted by Crippen LogP contribution is 2.26. The third-order valence-corrected chi connectivity index (χ3v) is 2.29. The second-order valence-electron chi connectivity index (χ2n) is 3.40. The van der Waals surface area contributed by atoms with Crippen LogP contribution in [0.4, 0.5) is 13.2 Å². The third-order valence-electron chi connectivity index (χ3n) is 2.29. The predicted molar refractivity (Wildman–Crippen MR) is 61.9 cm³/mol. The summed E-state index contributed by atoms with van der Waals surface area (Å²) in [5.74, 6) is 0. The number of halogens is 3. The molecule has 4 nitrogen and oxygen atoms in total. The fourth-order valence-electron chi connectivity index (χ4n) is 1.43. The first-order valence-electron chi connectivity index (χ1n) is 4.90. The van der Waals surface area contributed by atoms with Gasteiger partial charge in [-0.2, -0.15) is 13.2 Å². The van der Waals surface area contributed by atoms with Gasteiger partial charge in [0, 0.05) is 5.22 Å². The van der Waals surface area contributed by atoms with Gasteiger partial charge in [0.05, 0.1) is 30.8 Å². The first kappa shape index (κ1) is 14.8. The van der Waals surface area contributed by atoms with Gasteiger partial charge >= 0.3 is 6.18 Å². The smallest absolute Gasteiger partial charge is 0.226 e. The van der Waals surface area contributed by atoms with Gasteiger partial charge in [0.2, 0.25) is 0 Å². The van der Waals surface area contributed by atoms with Crippen LogP contribution in [0.25, 0.3) is 21.1 Å². The van der Waals surface area contributed by atoms with Gasteiger partial charge in [0.25, 0.3) is 11.4 Å². The lowest BCUT2D eigenvalue weighted by Gasteiger charge is -2.08. The molecule has 0 aliphatic carbocycles. The Bertz CT molecular complexity index is 805. The summed E-state index contributed by atoms with van der Waals surface area (Å²) in [4.78, 5) is 5.56. The van der Waals surface area contributed by atoms with E-state index >= 15 is 0 Å². The molecular weight excluding hydrogens is 269 g/mol. The maximum absolute atomic E-state index is 12.9. The zero-order chi connectivity index (χ0) is 15.3. The Morgan fingerprint density at radius 2 is 1.60 bits per heavy atom. The molecule has 0 atom stereocenters. The Balaban J connectivity index is 4.03. The fourth-order valence-corrected chi connectivity index (χ4v) is 1.43. The monoisotopic (exact) mass is 272 g/mol. The summed E-state index contributed by atoms with van der Waals surface area (Å²) in [5, 5.41) is 16.5. The molecule has 0 spiro atoms. The van der Waals surface area contributed by atoms with Gasteiger partial charge in [0.1, 0.15) is 0 Å². The second kappa shape index (κ2) is 5.57. The van der Waals surface area contributed by atoms with Crippen molar-refractivity contribution >= 4 is 11.4 Å². The molecule has 7 heteroatoms. The number of rotatable bonds is 0. The van der Waals surface area contributed by atoms with Crippen molar-refractivity contribution in [3.63, 3.8) is 0 Å². The van der Waals surface area contributed by atoms with E-state index in [9.17, 15) is 13.2 Å². The molecule has 0 N–H and O–H groups in total. The molecule has 0 aliphatic rings. The summed E-state index contributed by atoms with van der Waals surface area (Å²) in [6, 6.07) is 5.48. The first-order chi connectivity index (χ1) is 9.38. The molecule has 0 saturated heterocycles. The van der Waals surface area contributed by atoms with Crippen LogP contribution in [0.3, 0.4) is 0 Å². The average Bonchev–Trinajstić information content (AvgIpc) is 2.41. The van der Waals surface area contributed by atoms with E-state index in [1.54, 1.807) is 0 Å². The maximum Gasteiger partial charge on any atom is 0.415 e. The van der Waals surface area contributed by atoms with Gasteiger partial charge in [-0.15, -0.1) is 0 Å². The SMILES string of the molecule is [C-]#[N+]/C(C#N)=c1\cc/c(=C(/C#N)[N+]#[C-])c(C(F)(F)F)c1. The van der Waals surface area contributed by atoms with E-state index in [1.165, 1.54) is 12.1 Å². The molecule has 20 heavy (non-hydrogen) atoms. The van der Waals surface area contributed by atoms with Crippen molar-refractivity contribution in [3.8, 4) is 12.1 Å². The Morgan fingerprint density at radius 1 is 1.05 bits per heavy atom. The second-order valence-corrected chi connectivity index (χ2v) is 3.40. The Kier molecular flexibility index (Phi) is 4.11. The van der Waals surface area contributed by atoms with Gasteiger partial charge in [-0.05, 0) is 5.22 Å². The van der Waals surface area contributed by atoms with Crippen LogP contribution < -0.4 is 10.4 Å². The number of benzene rings is 1. The molecule has 0 aromatic heterocycles. The average molecular weight is 272 g/mol. The maximum atomic E-state index is 12.9. The third kappa shape index (κ3) is 2.75. The van der Waals surface area contributed by atoms with Gasteiger partial charge in [-0.3, -0.25) is 0 Å². The minimum Gasteiger partial charge on any atom is -0.226 e. The highest BCUT2D eigenvalue weighted by atomic mass is 19.4. The van der Waals surface area contributed by atoms with Gasteiger partial charge in [0.15, 0.2) is 0 Å². The molecule has 0 amide bonds. The standard InChI is InChI=1S/C13H3F3N4/c1-19-11(6-17)8-3-4-9(12(7-18)20-2)10(5-8)13(14,15)16/h3-5H/b11-8+,12-9+. The molecule has 0 bridgehead atoms. The number of nitrogens with zero attached hydrogens (tertiary/aromatic N) is 4. The molecule has 0 radical (unpaired) electrons. The highest BCUT2D eigenvalue weighted by molar-refractivity contribution is 5.68. The van der Waals surface area contributed by atoms with Crippen LogP contribution in [-0.2, 0) is 6.18 Å². The topological polar surface area (TPSA) is 56.3 Å². The van der Waals surface area contributed by atoms with Crippen LogP contribution in [0.15, 0.2) is 18.2 Å². The van der Waals surface area contributed by atoms with Crippen LogP contribution in [0.1, 0.15) is 5.56 Å². The molecule has 1 aromatic rings. The van der Waals surface area contributed by atoms with Crippen molar-refractivity contribution in [2.75, 3.05) is 0 Å². The summed E-state index contributed by atoms with van der Waals surface area (Å²) < 4.78 is 38.8. The van der Waals surface area contributed by atoms with Crippen molar-refractivity contribution in [2.45, 2.75) is 6.18 Å². The lowest BCUT2D eigenvalue weighted by molar-refractivity contribution is -0.138. The zero-order valence-electron chi connectivity index (χ0n) is 9.65. The van der Waals surface area contributed by atoms with Crippen LogP contribution in [0.2, 0.25) is 0 Å². The quantitative estimate of drug-likeness (QED) is 0.676. The summed E-state index contributed by atoms with van der Waals surface area (Å²) in [6.07, 6.45) is -4.80. The van der Waals surface area contributed by atoms with Crippen molar-refractivity contribution in [1.82, 2.24) is 0 Å². The zero-order valence-corrected chi connectivity index (χ0v) is 9.65. The molecule has 0 aliphatic heterocycles. The van der Waals surface area contributed by atoms with E-state index in [0.717, 1.165) is 12.1 Å². The summed E-state index contributed by atoms with van der Waals surface area (Å²) in [7, 11) is 0. The first-order valence-corrected chi connectivity index (χ1v) is 4.90. The minimum atomic E-state index is -4.80. The Labute approximate surface area is 111 Å². The predicted octanol–water partition coefficient (Wildman–Crippen LogP) is 1.81. The number of hydrogen-bond acceptors (Lipinski definition) is 2. The Morgan fingerprint density at radius 3 is 2.00 bits per heavy atom. The van der Waals surface area contributed by atoms with E-state index in [1.807, 2.05) is 0 Å². The van der Waals surface area contributed by atoms with E-state index in [2.05, 4.69) is 9.69 Å². The minimum absolute atomic E-state index is 0.208. The van der Waals surface area contributed by atoms with Crippen LogP contribution >= 0.6 is 0 Å². The van der Waals surface area contributed by atoms with Crippen molar-refractivity contribution < 1.29 is 13.2 Å². The molecular formula is C13H3F3N4. The number of nitriles is 2. The van der Waals surface area contributed by atoms with Gasteiger partial charge in [-0.25, -0.2) is 20.2 Å². The molecule has 1 aromatic carbocycles. The summed E-state index contributed by atoms with van der Waals surface area (Å²) >= 11 is 0. The summed E-state index contributed by atoms with van der Waals surface area (Å²) in [6.45, 7) is 13.4. The lowest BCUT2D eigenvalue weighted by atomic mass is 10.1. The number of hydrogen-bond donors (Lipinski definition) is 0. The van der Waals surface area contributed by atoms with Crippen LogP contribution in [-0.4, -0.2) is 0 Å². The van der Waals surface area contributed by atoms with E-state index < -0.39 is 28.4 Å². The molecule has 1 rings (SSSR count). The van der Waals surface area contributed by atoms with E-state index in [0.29, 0.717) is 6.07 Å². The molecule has 0 fully saturated rings. The molecule has 0 heterocycles. The van der Waals surface area contributed by atoms with Crippen molar-refractivity contribution in [1.29, 1.82) is 10.5 Å². The Hall–Kier alpha value is -3.29. The van der Waals surface area contributed by atoms with Gasteiger partial charge in [-0.1, -0.05) is 18.2 Å². The van der Waals surface area contributed by atoms with E-state index in [-0.39, 0.29) is 5.22 Å². The molecule has 0 saturated carbocycles. The lowest BCUT2D eigenvalue weighted by Crippen LogP contribution is -2.24. The fraction of sp³-hybridized carbons (Fsp3) is 0.0769. The largest absolute Gasteiger partial charge is 0.415 e.